The van der Waals surface area contributed by atoms with Gasteiger partial charge in [0, 0.05) is 31.2 Å². The molecule has 1 amide bonds. The molecule has 4 rings (SSSR count). The normalized spacial score (nSPS) is 22.3. The van der Waals surface area contributed by atoms with E-state index in [1.807, 2.05) is 4.68 Å². The van der Waals surface area contributed by atoms with Crippen LogP contribution in [0.3, 0.4) is 0 Å². The summed E-state index contributed by atoms with van der Waals surface area (Å²) >= 11 is 0. The van der Waals surface area contributed by atoms with Crippen LogP contribution in [0, 0.1) is 0 Å². The van der Waals surface area contributed by atoms with Gasteiger partial charge >= 0.3 is 5.97 Å². The van der Waals surface area contributed by atoms with Gasteiger partial charge in [0.1, 0.15) is 0 Å². The summed E-state index contributed by atoms with van der Waals surface area (Å²) in [5.41, 5.74) is 2.60. The number of anilines is 2. The van der Waals surface area contributed by atoms with Crippen LogP contribution < -0.4 is 15.5 Å². The average Bonchev–Trinajstić information content (AvgIpc) is 3.17. The number of hydrogen-bond acceptors (Lipinski definition) is 5. The third-order valence-electron chi connectivity index (χ3n) is 4.92. The predicted molar refractivity (Wildman–Crippen MR) is 96.3 cm³/mol. The molecule has 1 saturated heterocycles. The molecular weight excluding hydrogens is 334 g/mol. The first-order chi connectivity index (χ1) is 12.5. The lowest BCUT2D eigenvalue weighted by Gasteiger charge is -2.24. The second-order valence-corrected chi connectivity index (χ2v) is 6.84. The van der Waals surface area contributed by atoms with E-state index in [9.17, 15) is 14.7 Å². The Morgan fingerprint density at radius 1 is 1.35 bits per heavy atom. The third kappa shape index (κ3) is 2.92. The zero-order valence-corrected chi connectivity index (χ0v) is 14.5. The van der Waals surface area contributed by atoms with Crippen molar-refractivity contribution in [1.29, 1.82) is 0 Å². The molecule has 0 bridgehead atoms. The zero-order valence-electron chi connectivity index (χ0n) is 14.5. The number of aromatic carboxylic acids is 1. The fourth-order valence-electron chi connectivity index (χ4n) is 3.61. The lowest BCUT2D eigenvalue weighted by atomic mass is 10.1. The Hall–Kier alpha value is -2.87. The summed E-state index contributed by atoms with van der Waals surface area (Å²) in [7, 11) is 0. The third-order valence-corrected chi connectivity index (χ3v) is 4.92. The molecule has 0 saturated carbocycles. The summed E-state index contributed by atoms with van der Waals surface area (Å²) < 4.78 is 1.95. The minimum Gasteiger partial charge on any atom is -0.478 e. The maximum Gasteiger partial charge on any atom is 0.337 e. The van der Waals surface area contributed by atoms with Crippen LogP contribution in [-0.2, 0) is 17.9 Å². The molecule has 1 unspecified atom stereocenters. The van der Waals surface area contributed by atoms with Crippen molar-refractivity contribution < 1.29 is 14.7 Å². The Kier molecular flexibility index (Phi) is 4.12. The van der Waals surface area contributed by atoms with Crippen molar-refractivity contribution in [3.8, 4) is 0 Å². The van der Waals surface area contributed by atoms with Crippen LogP contribution in [0.5, 0.6) is 0 Å². The average molecular weight is 355 g/mol. The number of benzene rings is 1. The molecule has 26 heavy (non-hydrogen) atoms. The van der Waals surface area contributed by atoms with Crippen molar-refractivity contribution in [2.24, 2.45) is 0 Å². The SMILES string of the molecule is C[C@H]1Cn2ncc(N3CC(Nc4ccccc4C(=O)O)CC3=O)c2CN1. The van der Waals surface area contributed by atoms with E-state index >= 15 is 0 Å². The van der Waals surface area contributed by atoms with Gasteiger partial charge in [-0.2, -0.15) is 5.10 Å². The van der Waals surface area contributed by atoms with E-state index in [2.05, 4.69) is 22.7 Å². The molecule has 3 N–H and O–H groups in total. The highest BCUT2D eigenvalue weighted by Crippen LogP contribution is 2.29. The number of nitrogens with zero attached hydrogens (tertiary/aromatic N) is 3. The number of carboxylic acid groups (broad SMARTS) is 1. The van der Waals surface area contributed by atoms with E-state index in [0.717, 1.165) is 17.9 Å². The fourth-order valence-corrected chi connectivity index (χ4v) is 3.61. The molecule has 2 aliphatic heterocycles. The molecule has 1 aromatic heterocycles. The van der Waals surface area contributed by atoms with Crippen molar-refractivity contribution in [2.45, 2.75) is 38.5 Å². The second kappa shape index (κ2) is 6.45. The van der Waals surface area contributed by atoms with Crippen LogP contribution in [0.1, 0.15) is 29.4 Å². The van der Waals surface area contributed by atoms with Crippen LogP contribution in [0.15, 0.2) is 30.5 Å². The van der Waals surface area contributed by atoms with Gasteiger partial charge < -0.3 is 20.6 Å². The van der Waals surface area contributed by atoms with E-state index in [0.29, 0.717) is 31.2 Å². The Labute approximate surface area is 150 Å². The predicted octanol–water partition coefficient (Wildman–Crippen LogP) is 1.29. The number of carboxylic acids is 1. The van der Waals surface area contributed by atoms with Gasteiger partial charge in [0.2, 0.25) is 5.91 Å². The van der Waals surface area contributed by atoms with Crippen LogP contribution in [0.25, 0.3) is 0 Å². The van der Waals surface area contributed by atoms with Crippen molar-refractivity contribution in [3.05, 3.63) is 41.7 Å². The van der Waals surface area contributed by atoms with E-state index in [-0.39, 0.29) is 17.5 Å². The Morgan fingerprint density at radius 3 is 2.96 bits per heavy atom. The smallest absolute Gasteiger partial charge is 0.337 e. The molecule has 8 nitrogen and oxygen atoms in total. The zero-order chi connectivity index (χ0) is 18.3. The number of nitrogens with one attached hydrogen (secondary N) is 2. The highest BCUT2D eigenvalue weighted by molar-refractivity contribution is 5.98. The Balaban J connectivity index is 1.53. The van der Waals surface area contributed by atoms with Crippen LogP contribution >= 0.6 is 0 Å². The van der Waals surface area contributed by atoms with Crippen LogP contribution in [-0.4, -0.2) is 45.4 Å². The maximum atomic E-state index is 12.6. The number of carbonyl (C=O) groups is 2. The van der Waals surface area contributed by atoms with E-state index < -0.39 is 5.97 Å². The fraction of sp³-hybridized carbons (Fsp3) is 0.389. The van der Waals surface area contributed by atoms with E-state index in [4.69, 9.17) is 0 Å². The number of fused-ring (bicyclic) bond motifs is 1. The van der Waals surface area contributed by atoms with Crippen molar-refractivity contribution in [1.82, 2.24) is 15.1 Å². The molecule has 0 radical (unpaired) electrons. The van der Waals surface area contributed by atoms with Gasteiger partial charge in [-0.25, -0.2) is 4.79 Å². The number of carbonyl (C=O) groups excluding carboxylic acids is 1. The van der Waals surface area contributed by atoms with Gasteiger partial charge in [-0.15, -0.1) is 0 Å². The second-order valence-electron chi connectivity index (χ2n) is 6.84. The minimum atomic E-state index is -0.986. The van der Waals surface area contributed by atoms with Gasteiger partial charge in [0.15, 0.2) is 0 Å². The molecule has 1 fully saturated rings. The van der Waals surface area contributed by atoms with Gasteiger partial charge in [-0.05, 0) is 19.1 Å². The quantitative estimate of drug-likeness (QED) is 0.764. The van der Waals surface area contributed by atoms with Crippen LogP contribution in [0.2, 0.25) is 0 Å². The molecule has 2 aliphatic rings. The molecule has 8 heteroatoms. The minimum absolute atomic E-state index is 0.0183. The van der Waals surface area contributed by atoms with Crippen molar-refractivity contribution in [2.75, 3.05) is 16.8 Å². The molecule has 1 aromatic carbocycles. The lowest BCUT2D eigenvalue weighted by molar-refractivity contribution is -0.117. The molecule has 136 valence electrons. The number of para-hydroxylation sites is 1. The monoisotopic (exact) mass is 355 g/mol. The number of aromatic nitrogens is 2. The Morgan fingerprint density at radius 2 is 2.15 bits per heavy atom. The molecular formula is C18H21N5O3. The van der Waals surface area contributed by atoms with Gasteiger partial charge in [0.05, 0.1) is 35.7 Å². The van der Waals surface area contributed by atoms with Crippen LogP contribution in [0.4, 0.5) is 11.4 Å². The Bertz CT molecular complexity index is 862. The van der Waals surface area contributed by atoms with Crippen molar-refractivity contribution >= 4 is 23.3 Å². The number of amides is 1. The molecule has 3 heterocycles. The van der Waals surface area contributed by atoms with Gasteiger partial charge in [0.25, 0.3) is 0 Å². The summed E-state index contributed by atoms with van der Waals surface area (Å²) in [5, 5.41) is 20.3. The molecule has 2 atom stereocenters. The molecule has 2 aromatic rings. The van der Waals surface area contributed by atoms with Crippen molar-refractivity contribution in [3.63, 3.8) is 0 Å². The summed E-state index contributed by atoms with van der Waals surface area (Å²) in [5.74, 6) is -0.968. The standard InChI is InChI=1S/C18H21N5O3/c1-11-9-23-16(7-19-11)15(8-20-23)22-10-12(6-17(22)24)21-14-5-3-2-4-13(14)18(25)26/h2-5,8,11-12,19,21H,6-7,9-10H2,1H3,(H,25,26)/t11-,12?/m0/s1. The highest BCUT2D eigenvalue weighted by Gasteiger charge is 2.34. The topological polar surface area (TPSA) is 99.5 Å². The highest BCUT2D eigenvalue weighted by atomic mass is 16.4. The molecule has 0 aliphatic carbocycles. The first kappa shape index (κ1) is 16.6. The lowest BCUT2D eigenvalue weighted by Crippen LogP contribution is -2.38. The number of hydrogen-bond donors (Lipinski definition) is 3. The van der Waals surface area contributed by atoms with E-state index in [1.54, 1.807) is 35.4 Å². The molecule has 0 spiro atoms. The summed E-state index contributed by atoms with van der Waals surface area (Å²) in [6, 6.07) is 6.96. The van der Waals surface area contributed by atoms with Gasteiger partial charge in [-0.3, -0.25) is 9.48 Å². The van der Waals surface area contributed by atoms with E-state index in [1.165, 1.54) is 0 Å². The maximum absolute atomic E-state index is 12.6. The first-order valence-corrected chi connectivity index (χ1v) is 8.70. The summed E-state index contributed by atoms with van der Waals surface area (Å²) in [6.45, 7) is 4.05. The summed E-state index contributed by atoms with van der Waals surface area (Å²) in [4.78, 5) is 25.7. The largest absolute Gasteiger partial charge is 0.478 e. The summed E-state index contributed by atoms with van der Waals surface area (Å²) in [6.07, 6.45) is 2.07. The number of rotatable bonds is 4. The first-order valence-electron chi connectivity index (χ1n) is 8.70. The van der Waals surface area contributed by atoms with Gasteiger partial charge in [-0.1, -0.05) is 12.1 Å².